The second-order valence-electron chi connectivity index (χ2n) is 7.72. The Hall–Kier alpha value is -0.570. The molecule has 0 N–H and O–H groups in total. The zero-order chi connectivity index (χ0) is 14.9. The lowest BCUT2D eigenvalue weighted by Crippen LogP contribution is -2.26. The first-order chi connectivity index (χ1) is 10.1. The lowest BCUT2D eigenvalue weighted by molar-refractivity contribution is -0.150. The van der Waals surface area contributed by atoms with E-state index in [2.05, 4.69) is 13.8 Å². The maximum absolute atomic E-state index is 12.0. The molecule has 0 spiro atoms. The van der Waals surface area contributed by atoms with Gasteiger partial charge in [-0.05, 0) is 57.3 Å². The van der Waals surface area contributed by atoms with E-state index in [-0.39, 0.29) is 17.5 Å². The van der Waals surface area contributed by atoms with Gasteiger partial charge in [-0.3, -0.25) is 4.79 Å². The molecule has 0 aromatic heterocycles. The lowest BCUT2D eigenvalue weighted by atomic mass is 9.76. The lowest BCUT2D eigenvalue weighted by Gasteiger charge is -2.28. The summed E-state index contributed by atoms with van der Waals surface area (Å²) in [5, 5.41) is 0. The number of fused-ring (bicyclic) bond motifs is 1. The van der Waals surface area contributed by atoms with E-state index in [1.807, 2.05) is 0 Å². The molecule has 3 rings (SSSR count). The highest BCUT2D eigenvalue weighted by Crippen LogP contribution is 2.51. The number of rotatable bonds is 5. The van der Waals surface area contributed by atoms with Crippen molar-refractivity contribution in [2.24, 2.45) is 17.8 Å². The first-order valence-electron chi connectivity index (χ1n) is 8.93. The standard InChI is InChI=1S/C18H30O3/c1-13(15-8-10-18(2)16(12-15)21-18)9-11-20-17(19)14-6-4-3-5-7-14/h13-16H,3-12H2,1-2H3. The van der Waals surface area contributed by atoms with Gasteiger partial charge < -0.3 is 9.47 Å². The normalized spacial score (nSPS) is 37.6. The quantitative estimate of drug-likeness (QED) is 0.566. The van der Waals surface area contributed by atoms with Crippen LogP contribution in [0.2, 0.25) is 0 Å². The zero-order valence-electron chi connectivity index (χ0n) is 13.6. The molecule has 0 radical (unpaired) electrons. The van der Waals surface area contributed by atoms with Crippen LogP contribution >= 0.6 is 0 Å². The molecule has 120 valence electrons. The average molecular weight is 294 g/mol. The second kappa shape index (κ2) is 6.28. The van der Waals surface area contributed by atoms with Gasteiger partial charge in [-0.15, -0.1) is 0 Å². The fraction of sp³-hybridized carbons (Fsp3) is 0.944. The maximum Gasteiger partial charge on any atom is 0.308 e. The summed E-state index contributed by atoms with van der Waals surface area (Å²) in [6.07, 6.45) is 10.9. The van der Waals surface area contributed by atoms with Gasteiger partial charge in [0.2, 0.25) is 0 Å². The molecule has 2 aliphatic carbocycles. The van der Waals surface area contributed by atoms with Crippen LogP contribution in [0.15, 0.2) is 0 Å². The van der Waals surface area contributed by atoms with Crippen LogP contribution in [-0.4, -0.2) is 24.3 Å². The molecule has 4 unspecified atom stereocenters. The Balaban J connectivity index is 1.34. The molecule has 0 aromatic rings. The predicted molar refractivity (Wildman–Crippen MR) is 81.9 cm³/mol. The van der Waals surface area contributed by atoms with Crippen LogP contribution in [0.1, 0.15) is 71.6 Å². The smallest absolute Gasteiger partial charge is 0.308 e. The number of hydrogen-bond donors (Lipinski definition) is 0. The number of esters is 1. The van der Waals surface area contributed by atoms with Gasteiger partial charge in [0.25, 0.3) is 0 Å². The van der Waals surface area contributed by atoms with Crippen molar-refractivity contribution in [1.82, 2.24) is 0 Å². The van der Waals surface area contributed by atoms with E-state index >= 15 is 0 Å². The van der Waals surface area contributed by atoms with Crippen LogP contribution in [0.3, 0.4) is 0 Å². The monoisotopic (exact) mass is 294 g/mol. The predicted octanol–water partition coefficient (Wildman–Crippen LogP) is 4.09. The minimum Gasteiger partial charge on any atom is -0.465 e. The van der Waals surface area contributed by atoms with E-state index in [9.17, 15) is 4.79 Å². The SMILES string of the molecule is CC(CCOC(=O)C1CCCCC1)C1CCC2(C)OC2C1. The summed E-state index contributed by atoms with van der Waals surface area (Å²) < 4.78 is 11.3. The van der Waals surface area contributed by atoms with Crippen molar-refractivity contribution in [3.05, 3.63) is 0 Å². The molecule has 0 aromatic carbocycles. The molecule has 1 heterocycles. The summed E-state index contributed by atoms with van der Waals surface area (Å²) in [4.78, 5) is 12.0. The van der Waals surface area contributed by atoms with E-state index in [4.69, 9.17) is 9.47 Å². The third kappa shape index (κ3) is 3.61. The Bertz CT molecular complexity index is 375. The minimum atomic E-state index is 0.0589. The molecular weight excluding hydrogens is 264 g/mol. The summed E-state index contributed by atoms with van der Waals surface area (Å²) >= 11 is 0. The van der Waals surface area contributed by atoms with E-state index in [0.29, 0.717) is 18.6 Å². The van der Waals surface area contributed by atoms with Crippen molar-refractivity contribution in [1.29, 1.82) is 0 Å². The summed E-state index contributed by atoms with van der Waals surface area (Å²) in [7, 11) is 0. The van der Waals surface area contributed by atoms with Gasteiger partial charge in [0.15, 0.2) is 0 Å². The third-order valence-corrected chi connectivity index (χ3v) is 6.12. The van der Waals surface area contributed by atoms with E-state index in [1.165, 1.54) is 38.5 Å². The third-order valence-electron chi connectivity index (χ3n) is 6.12. The minimum absolute atomic E-state index is 0.0589. The van der Waals surface area contributed by atoms with E-state index in [0.717, 1.165) is 25.2 Å². The topological polar surface area (TPSA) is 38.8 Å². The molecule has 4 atom stereocenters. The summed E-state index contributed by atoms with van der Waals surface area (Å²) in [6, 6.07) is 0. The molecule has 3 aliphatic rings. The Kier molecular flexibility index (Phi) is 4.58. The first-order valence-corrected chi connectivity index (χ1v) is 8.93. The average Bonchev–Trinajstić information content (AvgIpc) is 3.18. The molecule has 0 bridgehead atoms. The van der Waals surface area contributed by atoms with Crippen molar-refractivity contribution >= 4 is 5.97 Å². The van der Waals surface area contributed by atoms with Gasteiger partial charge in [-0.2, -0.15) is 0 Å². The Morgan fingerprint density at radius 1 is 1.29 bits per heavy atom. The van der Waals surface area contributed by atoms with Crippen LogP contribution in [-0.2, 0) is 14.3 Å². The highest BCUT2D eigenvalue weighted by Gasteiger charge is 2.55. The van der Waals surface area contributed by atoms with Gasteiger partial charge >= 0.3 is 5.97 Å². The zero-order valence-corrected chi connectivity index (χ0v) is 13.6. The maximum atomic E-state index is 12.0. The van der Waals surface area contributed by atoms with Crippen molar-refractivity contribution < 1.29 is 14.3 Å². The summed E-state index contributed by atoms with van der Waals surface area (Å²) in [6.45, 7) is 5.16. The molecule has 2 saturated carbocycles. The van der Waals surface area contributed by atoms with Crippen LogP contribution in [0.25, 0.3) is 0 Å². The number of hydrogen-bond acceptors (Lipinski definition) is 3. The fourth-order valence-electron chi connectivity index (χ4n) is 4.23. The molecule has 0 amide bonds. The highest BCUT2D eigenvalue weighted by atomic mass is 16.6. The Morgan fingerprint density at radius 3 is 2.76 bits per heavy atom. The second-order valence-corrected chi connectivity index (χ2v) is 7.72. The highest BCUT2D eigenvalue weighted by molar-refractivity contribution is 5.72. The van der Waals surface area contributed by atoms with Crippen LogP contribution in [0.4, 0.5) is 0 Å². The number of ether oxygens (including phenoxy) is 2. The van der Waals surface area contributed by atoms with E-state index < -0.39 is 0 Å². The van der Waals surface area contributed by atoms with Gasteiger partial charge in [0, 0.05) is 0 Å². The summed E-state index contributed by atoms with van der Waals surface area (Å²) in [5.74, 6) is 1.63. The van der Waals surface area contributed by atoms with Crippen molar-refractivity contribution in [3.63, 3.8) is 0 Å². The van der Waals surface area contributed by atoms with Gasteiger partial charge in [-0.1, -0.05) is 26.2 Å². The van der Waals surface area contributed by atoms with Crippen LogP contribution < -0.4 is 0 Å². The number of carbonyl (C=O) groups is 1. The van der Waals surface area contributed by atoms with Crippen LogP contribution in [0.5, 0.6) is 0 Å². The van der Waals surface area contributed by atoms with Gasteiger partial charge in [0.1, 0.15) is 0 Å². The molecule has 21 heavy (non-hydrogen) atoms. The first kappa shape index (κ1) is 15.3. The molecular formula is C18H30O3. The number of carbonyl (C=O) groups excluding carboxylic acids is 1. The number of epoxide rings is 1. The van der Waals surface area contributed by atoms with Crippen molar-refractivity contribution in [3.8, 4) is 0 Å². The molecule has 1 aliphatic heterocycles. The van der Waals surface area contributed by atoms with Gasteiger partial charge in [0.05, 0.1) is 24.2 Å². The van der Waals surface area contributed by atoms with Crippen molar-refractivity contribution in [2.75, 3.05) is 6.61 Å². The van der Waals surface area contributed by atoms with Gasteiger partial charge in [-0.25, -0.2) is 0 Å². The fourth-order valence-corrected chi connectivity index (χ4v) is 4.23. The summed E-state index contributed by atoms with van der Waals surface area (Å²) in [5.41, 5.74) is 0.212. The van der Waals surface area contributed by atoms with Crippen molar-refractivity contribution in [2.45, 2.75) is 83.3 Å². The molecule has 1 saturated heterocycles. The largest absolute Gasteiger partial charge is 0.465 e. The Labute approximate surface area is 128 Å². The molecule has 3 heteroatoms. The van der Waals surface area contributed by atoms with Crippen LogP contribution in [0, 0.1) is 17.8 Å². The molecule has 3 nitrogen and oxygen atoms in total. The Morgan fingerprint density at radius 2 is 2.05 bits per heavy atom. The molecule has 3 fully saturated rings. The van der Waals surface area contributed by atoms with E-state index in [1.54, 1.807) is 0 Å².